The minimum absolute atomic E-state index is 0.161. The van der Waals surface area contributed by atoms with Gasteiger partial charge >= 0.3 is 0 Å². The van der Waals surface area contributed by atoms with Gasteiger partial charge in [-0.25, -0.2) is 0 Å². The quantitative estimate of drug-likeness (QED) is 0.833. The molecule has 2 atom stereocenters. The van der Waals surface area contributed by atoms with E-state index in [1.54, 1.807) is 0 Å². The van der Waals surface area contributed by atoms with Crippen LogP contribution in [0.15, 0.2) is 24.3 Å². The van der Waals surface area contributed by atoms with Crippen molar-refractivity contribution < 1.29 is 4.74 Å². The van der Waals surface area contributed by atoms with E-state index in [0.717, 1.165) is 18.7 Å². The Balaban J connectivity index is 2.66. The molecule has 0 heterocycles. The summed E-state index contributed by atoms with van der Waals surface area (Å²) in [5.74, 6) is 0.963. The second kappa shape index (κ2) is 6.95. The minimum atomic E-state index is 0.161. The van der Waals surface area contributed by atoms with Gasteiger partial charge in [0.25, 0.3) is 0 Å². The molecule has 0 aliphatic heterocycles. The standard InChI is InChI=1S/C17H29NO/c1-7-11-18-13(2)14(3)19-16-10-8-9-15(12-16)17(4,5)6/h8-10,12-14,18H,7,11H2,1-6H3. The Bertz CT molecular complexity index is 381. The molecule has 2 nitrogen and oxygen atoms in total. The Morgan fingerprint density at radius 2 is 1.89 bits per heavy atom. The van der Waals surface area contributed by atoms with Crippen LogP contribution in [-0.2, 0) is 5.41 Å². The van der Waals surface area contributed by atoms with E-state index in [0.29, 0.717) is 6.04 Å². The van der Waals surface area contributed by atoms with Crippen LogP contribution in [0.3, 0.4) is 0 Å². The number of hydrogen-bond acceptors (Lipinski definition) is 2. The lowest BCUT2D eigenvalue weighted by atomic mass is 9.87. The summed E-state index contributed by atoms with van der Waals surface area (Å²) in [4.78, 5) is 0. The average molecular weight is 263 g/mol. The Morgan fingerprint density at radius 1 is 1.21 bits per heavy atom. The van der Waals surface area contributed by atoms with Crippen molar-refractivity contribution in [2.24, 2.45) is 0 Å². The van der Waals surface area contributed by atoms with Crippen LogP contribution in [0.1, 0.15) is 53.5 Å². The number of ether oxygens (including phenoxy) is 1. The van der Waals surface area contributed by atoms with Crippen LogP contribution < -0.4 is 10.1 Å². The molecule has 0 saturated carbocycles. The monoisotopic (exact) mass is 263 g/mol. The lowest BCUT2D eigenvalue weighted by Crippen LogP contribution is -2.39. The normalized spacial score (nSPS) is 15.1. The van der Waals surface area contributed by atoms with Crippen LogP contribution in [-0.4, -0.2) is 18.7 Å². The van der Waals surface area contributed by atoms with Gasteiger partial charge in [-0.15, -0.1) is 0 Å². The zero-order valence-corrected chi connectivity index (χ0v) is 13.3. The fourth-order valence-electron chi connectivity index (χ4n) is 1.89. The predicted octanol–water partition coefficient (Wildman–Crippen LogP) is 4.14. The molecule has 2 unspecified atom stereocenters. The highest BCUT2D eigenvalue weighted by Gasteiger charge is 2.16. The lowest BCUT2D eigenvalue weighted by molar-refractivity contribution is 0.178. The Kier molecular flexibility index (Phi) is 5.86. The van der Waals surface area contributed by atoms with Crippen molar-refractivity contribution in [1.82, 2.24) is 5.32 Å². The van der Waals surface area contributed by atoms with E-state index >= 15 is 0 Å². The fraction of sp³-hybridized carbons (Fsp3) is 0.647. The summed E-state index contributed by atoms with van der Waals surface area (Å²) >= 11 is 0. The third kappa shape index (κ3) is 5.23. The lowest BCUT2D eigenvalue weighted by Gasteiger charge is -2.24. The zero-order chi connectivity index (χ0) is 14.5. The summed E-state index contributed by atoms with van der Waals surface area (Å²) in [6, 6.07) is 8.79. The van der Waals surface area contributed by atoms with Crippen molar-refractivity contribution in [1.29, 1.82) is 0 Å². The fourth-order valence-corrected chi connectivity index (χ4v) is 1.89. The van der Waals surface area contributed by atoms with Gasteiger partial charge < -0.3 is 10.1 Å². The first-order valence-electron chi connectivity index (χ1n) is 7.35. The molecule has 0 spiro atoms. The molecule has 0 saturated heterocycles. The van der Waals surface area contributed by atoms with Crippen molar-refractivity contribution in [3.8, 4) is 5.75 Å². The van der Waals surface area contributed by atoms with E-state index in [2.05, 4.69) is 65.1 Å². The first-order valence-corrected chi connectivity index (χ1v) is 7.35. The highest BCUT2D eigenvalue weighted by molar-refractivity contribution is 5.32. The molecule has 0 bridgehead atoms. The van der Waals surface area contributed by atoms with E-state index in [9.17, 15) is 0 Å². The predicted molar refractivity (Wildman–Crippen MR) is 83.0 cm³/mol. The molecular formula is C17H29NO. The number of nitrogens with one attached hydrogen (secondary N) is 1. The second-order valence-electron chi connectivity index (χ2n) is 6.34. The summed E-state index contributed by atoms with van der Waals surface area (Å²) in [5, 5.41) is 3.47. The summed E-state index contributed by atoms with van der Waals surface area (Å²) in [7, 11) is 0. The van der Waals surface area contributed by atoms with Crippen molar-refractivity contribution in [2.45, 2.75) is 65.5 Å². The number of benzene rings is 1. The van der Waals surface area contributed by atoms with E-state index in [4.69, 9.17) is 4.74 Å². The third-order valence-corrected chi connectivity index (χ3v) is 3.44. The zero-order valence-electron chi connectivity index (χ0n) is 13.3. The van der Waals surface area contributed by atoms with E-state index < -0.39 is 0 Å². The molecule has 1 rings (SSSR count). The van der Waals surface area contributed by atoms with Crippen molar-refractivity contribution in [3.05, 3.63) is 29.8 Å². The van der Waals surface area contributed by atoms with Crippen molar-refractivity contribution >= 4 is 0 Å². The van der Waals surface area contributed by atoms with Crippen molar-refractivity contribution in [2.75, 3.05) is 6.54 Å². The largest absolute Gasteiger partial charge is 0.489 e. The SMILES string of the molecule is CCCNC(C)C(C)Oc1cccc(C(C)(C)C)c1. The Hall–Kier alpha value is -1.02. The average Bonchev–Trinajstić information content (AvgIpc) is 2.35. The molecule has 0 aliphatic rings. The van der Waals surface area contributed by atoms with Crippen LogP contribution in [0.25, 0.3) is 0 Å². The van der Waals surface area contributed by atoms with Gasteiger partial charge in [0, 0.05) is 6.04 Å². The van der Waals surface area contributed by atoms with Gasteiger partial charge in [-0.1, -0.05) is 39.8 Å². The highest BCUT2D eigenvalue weighted by atomic mass is 16.5. The Morgan fingerprint density at radius 3 is 2.47 bits per heavy atom. The Labute approximate surface area is 118 Å². The molecule has 0 fully saturated rings. The van der Waals surface area contributed by atoms with E-state index in [1.807, 2.05) is 6.07 Å². The first kappa shape index (κ1) is 16.0. The molecule has 1 N–H and O–H groups in total. The molecule has 0 radical (unpaired) electrons. The third-order valence-electron chi connectivity index (χ3n) is 3.44. The molecule has 108 valence electrons. The van der Waals surface area contributed by atoms with Crippen LogP contribution in [0, 0.1) is 0 Å². The van der Waals surface area contributed by atoms with Gasteiger partial charge in [0.05, 0.1) is 0 Å². The van der Waals surface area contributed by atoms with Gasteiger partial charge in [0.15, 0.2) is 0 Å². The first-order chi connectivity index (χ1) is 8.84. The molecule has 0 amide bonds. The summed E-state index contributed by atoms with van der Waals surface area (Å²) in [5.41, 5.74) is 1.47. The molecule has 1 aromatic carbocycles. The summed E-state index contributed by atoms with van der Waals surface area (Å²) in [6.45, 7) is 14.2. The maximum absolute atomic E-state index is 6.05. The van der Waals surface area contributed by atoms with Crippen LogP contribution in [0.5, 0.6) is 5.75 Å². The molecule has 0 aliphatic carbocycles. The maximum Gasteiger partial charge on any atom is 0.120 e. The molecule has 2 heteroatoms. The van der Waals surface area contributed by atoms with Gasteiger partial charge in [-0.05, 0) is 49.9 Å². The van der Waals surface area contributed by atoms with Gasteiger partial charge in [0.2, 0.25) is 0 Å². The summed E-state index contributed by atoms with van der Waals surface area (Å²) < 4.78 is 6.05. The number of rotatable bonds is 6. The van der Waals surface area contributed by atoms with E-state index in [1.165, 1.54) is 5.56 Å². The van der Waals surface area contributed by atoms with E-state index in [-0.39, 0.29) is 11.5 Å². The number of hydrogen-bond donors (Lipinski definition) is 1. The van der Waals surface area contributed by atoms with Crippen molar-refractivity contribution in [3.63, 3.8) is 0 Å². The molecule has 19 heavy (non-hydrogen) atoms. The van der Waals surface area contributed by atoms with Gasteiger partial charge in [-0.3, -0.25) is 0 Å². The maximum atomic E-state index is 6.05. The topological polar surface area (TPSA) is 21.3 Å². The molecule has 0 aromatic heterocycles. The van der Waals surface area contributed by atoms with Gasteiger partial charge in [0.1, 0.15) is 11.9 Å². The highest BCUT2D eigenvalue weighted by Crippen LogP contribution is 2.26. The van der Waals surface area contributed by atoms with Crippen LogP contribution >= 0.6 is 0 Å². The van der Waals surface area contributed by atoms with Crippen LogP contribution in [0.2, 0.25) is 0 Å². The van der Waals surface area contributed by atoms with Crippen LogP contribution in [0.4, 0.5) is 0 Å². The van der Waals surface area contributed by atoms with Gasteiger partial charge in [-0.2, -0.15) is 0 Å². The molecule has 1 aromatic rings. The molecular weight excluding hydrogens is 234 g/mol. The summed E-state index contributed by atoms with van der Waals surface area (Å²) in [6.07, 6.45) is 1.32. The smallest absolute Gasteiger partial charge is 0.120 e. The second-order valence-corrected chi connectivity index (χ2v) is 6.34. The minimum Gasteiger partial charge on any atom is -0.489 e.